The highest BCUT2D eigenvalue weighted by Crippen LogP contribution is 2.34. The molecule has 0 bridgehead atoms. The third kappa shape index (κ3) is 5.11. The van der Waals surface area contributed by atoms with Crippen LogP contribution in [0.15, 0.2) is 83.8 Å². The summed E-state index contributed by atoms with van der Waals surface area (Å²) in [6.07, 6.45) is 1.86. The molecule has 1 aliphatic heterocycles. The predicted octanol–water partition coefficient (Wildman–Crippen LogP) is 6.32. The molecule has 3 aromatic rings. The molecular formula is C24H18ClNO2S2. The summed E-state index contributed by atoms with van der Waals surface area (Å²) in [5, 5.41) is 0.699. The van der Waals surface area contributed by atoms with E-state index in [1.165, 1.54) is 11.8 Å². The Hall–Kier alpha value is -2.60. The summed E-state index contributed by atoms with van der Waals surface area (Å²) in [5.41, 5.74) is 2.98. The van der Waals surface area contributed by atoms with E-state index in [9.17, 15) is 4.79 Å². The fourth-order valence-electron chi connectivity index (χ4n) is 3.00. The smallest absolute Gasteiger partial charge is 0.266 e. The molecule has 1 heterocycles. The molecule has 30 heavy (non-hydrogen) atoms. The van der Waals surface area contributed by atoms with Gasteiger partial charge in [0.15, 0.2) is 0 Å². The molecule has 150 valence electrons. The molecule has 0 aliphatic carbocycles. The van der Waals surface area contributed by atoms with E-state index in [0.29, 0.717) is 27.4 Å². The SMILES string of the molecule is O=C1C(=Cc2cccc(OCc3ccc(Cl)cc3)c2)SC(=S)N1Cc1ccccc1. The summed E-state index contributed by atoms with van der Waals surface area (Å²) >= 11 is 12.7. The molecule has 0 atom stereocenters. The highest BCUT2D eigenvalue weighted by molar-refractivity contribution is 8.26. The number of thiocarbonyl (C=S) groups is 1. The van der Waals surface area contributed by atoms with Gasteiger partial charge >= 0.3 is 0 Å². The third-order valence-electron chi connectivity index (χ3n) is 4.53. The molecule has 3 nitrogen and oxygen atoms in total. The molecule has 0 spiro atoms. The Morgan fingerprint density at radius 2 is 1.73 bits per heavy atom. The average Bonchev–Trinajstić information content (AvgIpc) is 3.02. The molecule has 0 radical (unpaired) electrons. The Balaban J connectivity index is 1.45. The van der Waals surface area contributed by atoms with Gasteiger partial charge in [-0.15, -0.1) is 0 Å². The van der Waals surface area contributed by atoms with E-state index in [2.05, 4.69) is 0 Å². The number of nitrogens with zero attached hydrogens (tertiary/aromatic N) is 1. The van der Waals surface area contributed by atoms with E-state index in [4.69, 9.17) is 28.6 Å². The van der Waals surface area contributed by atoms with Crippen LogP contribution in [0.5, 0.6) is 5.75 Å². The van der Waals surface area contributed by atoms with E-state index < -0.39 is 0 Å². The van der Waals surface area contributed by atoms with E-state index in [-0.39, 0.29) is 5.91 Å². The van der Waals surface area contributed by atoms with Crippen LogP contribution in [0, 0.1) is 0 Å². The molecule has 0 N–H and O–H groups in total. The standard InChI is InChI=1S/C24H18ClNO2S2/c25-20-11-9-18(10-12-20)16-28-21-8-4-7-19(13-21)14-22-23(27)26(24(29)30-22)15-17-5-2-1-3-6-17/h1-14H,15-16H2. The molecule has 1 amide bonds. The molecule has 6 heteroatoms. The molecule has 1 saturated heterocycles. The number of benzene rings is 3. The van der Waals surface area contributed by atoms with Gasteiger partial charge in [-0.25, -0.2) is 0 Å². The number of carbonyl (C=O) groups is 1. The van der Waals surface area contributed by atoms with Crippen molar-refractivity contribution in [1.82, 2.24) is 4.90 Å². The quantitative estimate of drug-likeness (QED) is 0.324. The van der Waals surface area contributed by atoms with Crippen LogP contribution in [0.3, 0.4) is 0 Å². The number of amides is 1. The van der Waals surface area contributed by atoms with E-state index in [1.807, 2.05) is 84.9 Å². The van der Waals surface area contributed by atoms with Crippen LogP contribution in [0.25, 0.3) is 6.08 Å². The van der Waals surface area contributed by atoms with Crippen molar-refractivity contribution in [2.75, 3.05) is 0 Å². The summed E-state index contributed by atoms with van der Waals surface area (Å²) in [6, 6.07) is 25.1. The van der Waals surface area contributed by atoms with Crippen molar-refractivity contribution in [2.45, 2.75) is 13.2 Å². The summed E-state index contributed by atoms with van der Waals surface area (Å²) in [5.74, 6) is 0.666. The second kappa shape index (κ2) is 9.47. The molecule has 4 rings (SSSR count). The van der Waals surface area contributed by atoms with Crippen LogP contribution in [-0.4, -0.2) is 15.1 Å². The van der Waals surface area contributed by atoms with Gasteiger partial charge in [-0.05, 0) is 47.0 Å². The van der Waals surface area contributed by atoms with Crippen LogP contribution in [0.4, 0.5) is 0 Å². The number of hydrogen-bond donors (Lipinski definition) is 0. The fraction of sp³-hybridized carbons (Fsp3) is 0.0833. The first-order chi connectivity index (χ1) is 14.6. The molecule has 1 aliphatic rings. The zero-order valence-corrected chi connectivity index (χ0v) is 18.3. The topological polar surface area (TPSA) is 29.5 Å². The largest absolute Gasteiger partial charge is 0.489 e. The van der Waals surface area contributed by atoms with Gasteiger partial charge in [-0.1, -0.05) is 90.2 Å². The zero-order valence-electron chi connectivity index (χ0n) is 16.0. The number of thioether (sulfide) groups is 1. The maximum atomic E-state index is 12.9. The van der Waals surface area contributed by atoms with E-state index in [1.54, 1.807) is 4.90 Å². The first-order valence-corrected chi connectivity index (χ1v) is 11.0. The van der Waals surface area contributed by atoms with Crippen LogP contribution < -0.4 is 4.74 Å². The lowest BCUT2D eigenvalue weighted by Crippen LogP contribution is -2.27. The molecule has 0 saturated carbocycles. The fourth-order valence-corrected chi connectivity index (χ4v) is 4.38. The summed E-state index contributed by atoms with van der Waals surface area (Å²) < 4.78 is 6.46. The van der Waals surface area contributed by atoms with Crippen molar-refractivity contribution in [3.05, 3.63) is 105 Å². The Labute approximate surface area is 190 Å². The minimum Gasteiger partial charge on any atom is -0.489 e. The van der Waals surface area contributed by atoms with E-state index >= 15 is 0 Å². The zero-order chi connectivity index (χ0) is 20.9. The minimum atomic E-state index is -0.0682. The summed E-state index contributed by atoms with van der Waals surface area (Å²) in [6.45, 7) is 0.924. The monoisotopic (exact) mass is 451 g/mol. The van der Waals surface area contributed by atoms with Crippen LogP contribution in [-0.2, 0) is 17.9 Å². The second-order valence-corrected chi connectivity index (χ2v) is 8.85. The maximum absolute atomic E-state index is 12.9. The van der Waals surface area contributed by atoms with Gasteiger partial charge in [0.1, 0.15) is 16.7 Å². The van der Waals surface area contributed by atoms with Gasteiger partial charge in [0, 0.05) is 5.02 Å². The van der Waals surface area contributed by atoms with E-state index in [0.717, 1.165) is 22.4 Å². The van der Waals surface area contributed by atoms with Gasteiger partial charge < -0.3 is 4.74 Å². The van der Waals surface area contributed by atoms with Gasteiger partial charge in [-0.2, -0.15) is 0 Å². The first-order valence-electron chi connectivity index (χ1n) is 9.35. The van der Waals surface area contributed by atoms with Crippen molar-refractivity contribution in [2.24, 2.45) is 0 Å². The van der Waals surface area contributed by atoms with Crippen LogP contribution in [0.2, 0.25) is 5.02 Å². The van der Waals surface area contributed by atoms with Gasteiger partial charge in [-0.3, -0.25) is 9.69 Å². The Morgan fingerprint density at radius 3 is 2.50 bits per heavy atom. The lowest BCUT2D eigenvalue weighted by Gasteiger charge is -2.14. The van der Waals surface area contributed by atoms with Gasteiger partial charge in [0.25, 0.3) is 5.91 Å². The van der Waals surface area contributed by atoms with Crippen molar-refractivity contribution in [3.8, 4) is 5.75 Å². The number of hydrogen-bond acceptors (Lipinski definition) is 4. The number of carbonyl (C=O) groups excluding carboxylic acids is 1. The van der Waals surface area contributed by atoms with Crippen molar-refractivity contribution in [3.63, 3.8) is 0 Å². The molecular weight excluding hydrogens is 434 g/mol. The molecule has 1 fully saturated rings. The summed E-state index contributed by atoms with van der Waals surface area (Å²) in [4.78, 5) is 15.1. The Kier molecular flexibility index (Phi) is 6.53. The normalized spacial score (nSPS) is 15.1. The lowest BCUT2D eigenvalue weighted by atomic mass is 10.2. The van der Waals surface area contributed by atoms with Gasteiger partial charge in [0.2, 0.25) is 0 Å². The lowest BCUT2D eigenvalue weighted by molar-refractivity contribution is -0.122. The number of rotatable bonds is 6. The predicted molar refractivity (Wildman–Crippen MR) is 127 cm³/mol. The average molecular weight is 452 g/mol. The molecule has 0 unspecified atom stereocenters. The van der Waals surface area contributed by atoms with Crippen LogP contribution >= 0.6 is 35.6 Å². The molecule has 3 aromatic carbocycles. The highest BCUT2D eigenvalue weighted by atomic mass is 35.5. The Morgan fingerprint density at radius 1 is 0.967 bits per heavy atom. The number of halogens is 1. The van der Waals surface area contributed by atoms with Crippen LogP contribution in [0.1, 0.15) is 16.7 Å². The second-order valence-electron chi connectivity index (χ2n) is 6.74. The highest BCUT2D eigenvalue weighted by Gasteiger charge is 2.31. The minimum absolute atomic E-state index is 0.0682. The van der Waals surface area contributed by atoms with Crippen molar-refractivity contribution in [1.29, 1.82) is 0 Å². The first kappa shape index (κ1) is 20.7. The third-order valence-corrected chi connectivity index (χ3v) is 6.16. The maximum Gasteiger partial charge on any atom is 0.266 e. The van der Waals surface area contributed by atoms with Crippen molar-refractivity contribution < 1.29 is 9.53 Å². The Bertz CT molecular complexity index is 1100. The summed E-state index contributed by atoms with van der Waals surface area (Å²) in [7, 11) is 0. The van der Waals surface area contributed by atoms with Crippen molar-refractivity contribution >= 4 is 51.9 Å². The molecule has 0 aromatic heterocycles. The number of ether oxygens (including phenoxy) is 1. The van der Waals surface area contributed by atoms with Gasteiger partial charge in [0.05, 0.1) is 11.4 Å².